The average molecular weight is 503 g/mol. The van der Waals surface area contributed by atoms with E-state index in [2.05, 4.69) is 11.6 Å². The van der Waals surface area contributed by atoms with E-state index < -0.39 is 11.9 Å². The number of amides is 1. The number of nitrogens with zero attached hydrogens (tertiary/aromatic N) is 2. The summed E-state index contributed by atoms with van der Waals surface area (Å²) >= 11 is 1.41. The number of aromatic nitrogens is 1. The zero-order chi connectivity index (χ0) is 25.6. The van der Waals surface area contributed by atoms with Gasteiger partial charge in [0.2, 0.25) is 5.76 Å². The van der Waals surface area contributed by atoms with Crippen molar-refractivity contribution < 1.29 is 18.7 Å². The van der Waals surface area contributed by atoms with Crippen LogP contribution in [0.1, 0.15) is 50.8 Å². The van der Waals surface area contributed by atoms with Crippen molar-refractivity contribution in [2.75, 3.05) is 18.1 Å². The summed E-state index contributed by atoms with van der Waals surface area (Å²) in [5, 5.41) is 0.951. The molecule has 0 saturated heterocycles. The van der Waals surface area contributed by atoms with Crippen molar-refractivity contribution in [1.29, 1.82) is 0 Å². The number of anilines is 1. The zero-order valence-electron chi connectivity index (χ0n) is 20.6. The number of aryl methyl sites for hydroxylation is 3. The lowest BCUT2D eigenvalue weighted by molar-refractivity contribution is 0.0971. The van der Waals surface area contributed by atoms with Gasteiger partial charge in [-0.2, -0.15) is 0 Å². The molecule has 0 bridgehead atoms. The highest BCUT2D eigenvalue weighted by Gasteiger charge is 2.45. The number of benzene rings is 2. The zero-order valence-corrected chi connectivity index (χ0v) is 21.4. The van der Waals surface area contributed by atoms with Gasteiger partial charge in [-0.15, -0.1) is 11.3 Å². The molecule has 1 amide bonds. The lowest BCUT2D eigenvalue weighted by Crippen LogP contribution is -2.29. The minimum absolute atomic E-state index is 0.0387. The van der Waals surface area contributed by atoms with Gasteiger partial charge < -0.3 is 13.9 Å². The molecule has 4 aromatic rings. The molecule has 0 fully saturated rings. The van der Waals surface area contributed by atoms with Crippen LogP contribution in [0.5, 0.6) is 11.5 Å². The van der Waals surface area contributed by atoms with E-state index in [0.717, 1.165) is 16.1 Å². The molecule has 0 N–H and O–H groups in total. The number of rotatable bonds is 7. The minimum Gasteiger partial charge on any atom is -0.490 e. The van der Waals surface area contributed by atoms with E-state index >= 15 is 0 Å². The van der Waals surface area contributed by atoms with Crippen LogP contribution in [0.15, 0.2) is 58.3 Å². The Balaban J connectivity index is 1.76. The Kier molecular flexibility index (Phi) is 6.14. The lowest BCUT2D eigenvalue weighted by Gasteiger charge is -2.23. The third kappa shape index (κ3) is 3.87. The number of thiazole rings is 1. The van der Waals surface area contributed by atoms with Gasteiger partial charge >= 0.3 is 0 Å². The largest absolute Gasteiger partial charge is 0.490 e. The molecule has 2 aromatic heterocycles. The number of fused-ring (bicyclic) bond motifs is 2. The molecular weight excluding hydrogens is 476 g/mol. The molecule has 7 nitrogen and oxygen atoms in total. The first kappa shape index (κ1) is 23.8. The van der Waals surface area contributed by atoms with Gasteiger partial charge in [0.05, 0.1) is 29.3 Å². The summed E-state index contributed by atoms with van der Waals surface area (Å²) in [5.74, 6) is 0.717. The molecule has 184 valence electrons. The standard InChI is InChI=1S/C28H26N2O5S/c1-6-12-34-21-11-9-18(14-22(21)33-7-2)24-23-25(31)19-13-15(3)8-10-20(19)35-26(23)27(32)30(24)28-29-16(4)17(5)36-28/h6,8-11,13-14,24H,1,7,12H2,2-5H3. The molecule has 3 heterocycles. The van der Waals surface area contributed by atoms with Crippen molar-refractivity contribution in [2.45, 2.75) is 33.7 Å². The van der Waals surface area contributed by atoms with Gasteiger partial charge in [0.25, 0.3) is 5.91 Å². The van der Waals surface area contributed by atoms with Gasteiger partial charge in [0, 0.05) is 4.88 Å². The van der Waals surface area contributed by atoms with Crippen LogP contribution in [-0.4, -0.2) is 24.1 Å². The molecule has 5 rings (SSSR count). The van der Waals surface area contributed by atoms with Crippen LogP contribution >= 0.6 is 11.3 Å². The first-order valence-electron chi connectivity index (χ1n) is 11.7. The second kappa shape index (κ2) is 9.28. The Bertz CT molecular complexity index is 1550. The van der Waals surface area contributed by atoms with E-state index in [1.165, 1.54) is 11.3 Å². The number of carbonyl (C=O) groups is 1. The van der Waals surface area contributed by atoms with E-state index in [1.807, 2.05) is 45.9 Å². The van der Waals surface area contributed by atoms with E-state index in [9.17, 15) is 9.59 Å². The van der Waals surface area contributed by atoms with Crippen LogP contribution in [0.3, 0.4) is 0 Å². The maximum absolute atomic E-state index is 13.8. The Morgan fingerprint density at radius 2 is 1.92 bits per heavy atom. The summed E-state index contributed by atoms with van der Waals surface area (Å²) in [7, 11) is 0. The van der Waals surface area contributed by atoms with Crippen LogP contribution in [0.2, 0.25) is 0 Å². The summed E-state index contributed by atoms with van der Waals surface area (Å²) in [5.41, 5.74) is 2.91. The second-order valence-corrected chi connectivity index (χ2v) is 9.81. The maximum atomic E-state index is 13.8. The Labute approximate surface area is 212 Å². The van der Waals surface area contributed by atoms with Gasteiger partial charge in [-0.3, -0.25) is 14.5 Å². The third-order valence-electron chi connectivity index (χ3n) is 6.19. The Morgan fingerprint density at radius 3 is 2.61 bits per heavy atom. The fraction of sp³-hybridized carbons (Fsp3) is 0.250. The summed E-state index contributed by atoms with van der Waals surface area (Å²) in [6.07, 6.45) is 1.66. The monoisotopic (exact) mass is 502 g/mol. The Morgan fingerprint density at radius 1 is 1.11 bits per heavy atom. The van der Waals surface area contributed by atoms with E-state index in [-0.39, 0.29) is 11.2 Å². The molecule has 0 radical (unpaired) electrons. The van der Waals surface area contributed by atoms with Gasteiger partial charge in [0.15, 0.2) is 22.1 Å². The fourth-order valence-electron chi connectivity index (χ4n) is 4.39. The number of hydrogen-bond acceptors (Lipinski definition) is 7. The summed E-state index contributed by atoms with van der Waals surface area (Å²) in [4.78, 5) is 34.8. The van der Waals surface area contributed by atoms with Crippen molar-refractivity contribution in [3.63, 3.8) is 0 Å². The molecule has 1 aliphatic heterocycles. The van der Waals surface area contributed by atoms with Crippen molar-refractivity contribution in [2.24, 2.45) is 0 Å². The summed E-state index contributed by atoms with van der Waals surface area (Å²) < 4.78 is 17.7. The molecule has 1 aliphatic rings. The van der Waals surface area contributed by atoms with Gasteiger partial charge in [-0.1, -0.05) is 30.4 Å². The van der Waals surface area contributed by atoms with Crippen LogP contribution < -0.4 is 19.8 Å². The second-order valence-electron chi connectivity index (χ2n) is 8.63. The highest BCUT2D eigenvalue weighted by atomic mass is 32.1. The maximum Gasteiger partial charge on any atom is 0.297 e. The van der Waals surface area contributed by atoms with Crippen molar-refractivity contribution >= 4 is 33.3 Å². The average Bonchev–Trinajstić information content (AvgIpc) is 3.34. The Hall–Kier alpha value is -3.91. The van der Waals surface area contributed by atoms with Crippen molar-refractivity contribution in [3.8, 4) is 11.5 Å². The van der Waals surface area contributed by atoms with Crippen LogP contribution in [0.4, 0.5) is 5.13 Å². The predicted molar refractivity (Wildman–Crippen MR) is 141 cm³/mol. The highest BCUT2D eigenvalue weighted by molar-refractivity contribution is 7.15. The molecule has 0 saturated carbocycles. The lowest BCUT2D eigenvalue weighted by atomic mass is 9.98. The first-order chi connectivity index (χ1) is 17.3. The number of carbonyl (C=O) groups excluding carboxylic acids is 1. The highest BCUT2D eigenvalue weighted by Crippen LogP contribution is 2.44. The molecule has 36 heavy (non-hydrogen) atoms. The van der Waals surface area contributed by atoms with Crippen molar-refractivity contribution in [3.05, 3.63) is 92.3 Å². The topological polar surface area (TPSA) is 81.9 Å². The van der Waals surface area contributed by atoms with Gasteiger partial charge in [-0.25, -0.2) is 4.98 Å². The molecule has 1 unspecified atom stereocenters. The van der Waals surface area contributed by atoms with Crippen LogP contribution in [0.25, 0.3) is 11.0 Å². The third-order valence-corrected chi connectivity index (χ3v) is 7.26. The molecule has 2 aromatic carbocycles. The van der Waals surface area contributed by atoms with Crippen LogP contribution in [-0.2, 0) is 0 Å². The molecule has 0 spiro atoms. The van der Waals surface area contributed by atoms with E-state index in [1.54, 1.807) is 29.2 Å². The molecule has 8 heteroatoms. The quantitative estimate of drug-likeness (QED) is 0.293. The summed E-state index contributed by atoms with van der Waals surface area (Å²) in [6, 6.07) is 10.1. The molecular formula is C28H26N2O5S. The molecule has 0 aliphatic carbocycles. The van der Waals surface area contributed by atoms with Gasteiger partial charge in [-0.05, 0) is 57.5 Å². The van der Waals surface area contributed by atoms with E-state index in [0.29, 0.717) is 51.9 Å². The minimum atomic E-state index is -0.730. The summed E-state index contributed by atoms with van der Waals surface area (Å²) in [6.45, 7) is 12.1. The van der Waals surface area contributed by atoms with E-state index in [4.69, 9.17) is 13.9 Å². The van der Waals surface area contributed by atoms with Crippen molar-refractivity contribution in [1.82, 2.24) is 4.98 Å². The molecule has 1 atom stereocenters. The van der Waals surface area contributed by atoms with Crippen LogP contribution in [0, 0.1) is 20.8 Å². The first-order valence-corrected chi connectivity index (χ1v) is 12.5. The van der Waals surface area contributed by atoms with Gasteiger partial charge in [0.1, 0.15) is 12.2 Å². The smallest absolute Gasteiger partial charge is 0.297 e. The number of hydrogen-bond donors (Lipinski definition) is 0. The SMILES string of the molecule is C=CCOc1ccc(C2c3c(oc4ccc(C)cc4c3=O)C(=O)N2c2nc(C)c(C)s2)cc1OCC. The fourth-order valence-corrected chi connectivity index (χ4v) is 5.33. The predicted octanol–water partition coefficient (Wildman–Crippen LogP) is 5.89. The number of ether oxygens (including phenoxy) is 2. The normalized spacial score (nSPS) is 14.8.